The highest BCUT2D eigenvalue weighted by Gasteiger charge is 2.16. The highest BCUT2D eigenvalue weighted by atomic mass is 16.1. The molecule has 0 saturated carbocycles. The molecule has 2 aromatic rings. The van der Waals surface area contributed by atoms with Crippen LogP contribution in [0.3, 0.4) is 0 Å². The van der Waals surface area contributed by atoms with Crippen LogP contribution in [0.1, 0.15) is 24.3 Å². The number of piperidine rings is 1. The molecule has 0 bridgehead atoms. The number of nitrogens with one attached hydrogen (secondary N) is 1. The van der Waals surface area contributed by atoms with Crippen molar-refractivity contribution in [3.8, 4) is 0 Å². The van der Waals surface area contributed by atoms with Gasteiger partial charge in [-0.25, -0.2) is 4.79 Å². The molecule has 1 saturated heterocycles. The van der Waals surface area contributed by atoms with Crippen molar-refractivity contribution in [2.24, 2.45) is 14.1 Å². The topological polar surface area (TPSA) is 39.0 Å². The Morgan fingerprint density at radius 1 is 1.22 bits per heavy atom. The third kappa shape index (κ3) is 1.68. The Morgan fingerprint density at radius 2 is 2.00 bits per heavy atom. The number of hydrogen-bond acceptors (Lipinski definition) is 2. The summed E-state index contributed by atoms with van der Waals surface area (Å²) in [5.74, 6) is 0.582. The average Bonchev–Trinajstić information content (AvgIpc) is 2.65. The van der Waals surface area contributed by atoms with Crippen LogP contribution >= 0.6 is 0 Å². The lowest BCUT2D eigenvalue weighted by Crippen LogP contribution is -2.28. The molecule has 3 rings (SSSR count). The van der Waals surface area contributed by atoms with Crippen molar-refractivity contribution < 1.29 is 0 Å². The van der Waals surface area contributed by atoms with Crippen LogP contribution in [0.25, 0.3) is 11.0 Å². The normalized spacial score (nSPS) is 20.4. The Bertz CT molecular complexity index is 632. The third-order valence-electron chi connectivity index (χ3n) is 4.06. The van der Waals surface area contributed by atoms with Crippen LogP contribution in [0.5, 0.6) is 0 Å². The van der Waals surface area contributed by atoms with Crippen LogP contribution in [0.15, 0.2) is 23.0 Å². The molecule has 0 radical (unpaired) electrons. The minimum atomic E-state index is 0.0453. The molecule has 1 atom stereocenters. The largest absolute Gasteiger partial charge is 0.328 e. The van der Waals surface area contributed by atoms with Gasteiger partial charge in [-0.05, 0) is 43.0 Å². The molecule has 4 heteroatoms. The zero-order valence-corrected chi connectivity index (χ0v) is 10.9. The van der Waals surface area contributed by atoms with Gasteiger partial charge in [0, 0.05) is 20.6 Å². The molecule has 1 unspecified atom stereocenters. The number of benzene rings is 1. The summed E-state index contributed by atoms with van der Waals surface area (Å²) in [5.41, 5.74) is 3.43. The Morgan fingerprint density at radius 3 is 2.72 bits per heavy atom. The maximum absolute atomic E-state index is 11.9. The van der Waals surface area contributed by atoms with Crippen molar-refractivity contribution in [1.29, 1.82) is 0 Å². The van der Waals surface area contributed by atoms with E-state index < -0.39 is 0 Å². The van der Waals surface area contributed by atoms with E-state index >= 15 is 0 Å². The van der Waals surface area contributed by atoms with Crippen LogP contribution in [0.4, 0.5) is 0 Å². The number of imidazole rings is 1. The Hall–Kier alpha value is -1.55. The summed E-state index contributed by atoms with van der Waals surface area (Å²) < 4.78 is 3.44. The van der Waals surface area contributed by atoms with E-state index in [0.29, 0.717) is 5.92 Å². The first kappa shape index (κ1) is 11.5. The molecule has 0 aliphatic carbocycles. The van der Waals surface area contributed by atoms with Gasteiger partial charge in [-0.1, -0.05) is 6.07 Å². The van der Waals surface area contributed by atoms with E-state index in [0.717, 1.165) is 24.1 Å². The maximum Gasteiger partial charge on any atom is 0.328 e. The summed E-state index contributed by atoms with van der Waals surface area (Å²) in [5, 5.41) is 3.44. The number of rotatable bonds is 1. The van der Waals surface area contributed by atoms with Gasteiger partial charge in [0.1, 0.15) is 0 Å². The quantitative estimate of drug-likeness (QED) is 0.823. The molecule has 4 nitrogen and oxygen atoms in total. The molecule has 1 aromatic heterocycles. The molecular formula is C14H19N3O. The van der Waals surface area contributed by atoms with Crippen molar-refractivity contribution in [3.05, 3.63) is 34.2 Å². The van der Waals surface area contributed by atoms with E-state index in [2.05, 4.69) is 23.5 Å². The molecule has 96 valence electrons. The number of nitrogens with zero attached hydrogens (tertiary/aromatic N) is 2. The Kier molecular flexibility index (Phi) is 2.74. The van der Waals surface area contributed by atoms with Crippen LogP contribution < -0.4 is 11.0 Å². The number of hydrogen-bond donors (Lipinski definition) is 1. The smallest absolute Gasteiger partial charge is 0.316 e. The van der Waals surface area contributed by atoms with Gasteiger partial charge in [-0.15, -0.1) is 0 Å². The number of aryl methyl sites for hydroxylation is 2. The van der Waals surface area contributed by atoms with Gasteiger partial charge in [-0.3, -0.25) is 9.13 Å². The molecule has 1 fully saturated rings. The second-order valence-corrected chi connectivity index (χ2v) is 5.19. The van der Waals surface area contributed by atoms with Crippen molar-refractivity contribution >= 4 is 11.0 Å². The molecule has 0 amide bonds. The van der Waals surface area contributed by atoms with Gasteiger partial charge in [0.25, 0.3) is 0 Å². The summed E-state index contributed by atoms with van der Waals surface area (Å²) in [6.45, 7) is 2.18. The fraction of sp³-hybridized carbons (Fsp3) is 0.500. The van der Waals surface area contributed by atoms with Crippen molar-refractivity contribution in [2.75, 3.05) is 13.1 Å². The summed E-state index contributed by atoms with van der Waals surface area (Å²) in [7, 11) is 3.67. The lowest BCUT2D eigenvalue weighted by molar-refractivity contribution is 0.462. The average molecular weight is 245 g/mol. The summed E-state index contributed by atoms with van der Waals surface area (Å²) in [6.07, 6.45) is 2.47. The van der Waals surface area contributed by atoms with Crippen molar-refractivity contribution in [2.45, 2.75) is 18.8 Å². The summed E-state index contributed by atoms with van der Waals surface area (Å²) in [6, 6.07) is 6.41. The highest BCUT2D eigenvalue weighted by Crippen LogP contribution is 2.25. The standard InChI is InChI=1S/C14H19N3O/c1-16-12-6-5-10(11-4-3-7-15-9-11)8-13(12)17(2)14(16)18/h5-6,8,11,15H,3-4,7,9H2,1-2H3. The summed E-state index contributed by atoms with van der Waals surface area (Å²) >= 11 is 0. The van der Waals surface area contributed by atoms with E-state index in [4.69, 9.17) is 0 Å². The Labute approximate surface area is 106 Å². The predicted octanol–water partition coefficient (Wildman–Crippen LogP) is 1.34. The molecule has 0 spiro atoms. The van der Waals surface area contributed by atoms with Gasteiger partial charge in [-0.2, -0.15) is 0 Å². The zero-order chi connectivity index (χ0) is 12.7. The molecule has 1 aliphatic rings. The SMILES string of the molecule is Cn1c(=O)n(C)c2cc(C3CCCNC3)ccc21. The second kappa shape index (κ2) is 4.28. The van der Waals surface area contributed by atoms with Gasteiger partial charge < -0.3 is 5.32 Å². The molecule has 1 aromatic carbocycles. The zero-order valence-electron chi connectivity index (χ0n) is 10.9. The monoisotopic (exact) mass is 245 g/mol. The van der Waals surface area contributed by atoms with Crippen LogP contribution in [-0.2, 0) is 14.1 Å². The van der Waals surface area contributed by atoms with E-state index in [1.54, 1.807) is 9.13 Å². The first-order valence-electron chi connectivity index (χ1n) is 6.54. The number of fused-ring (bicyclic) bond motifs is 1. The van der Waals surface area contributed by atoms with E-state index in [1.807, 2.05) is 14.1 Å². The summed E-state index contributed by atoms with van der Waals surface area (Å²) in [4.78, 5) is 11.9. The molecule has 2 heterocycles. The molecule has 1 N–H and O–H groups in total. The Balaban J connectivity index is 2.10. The van der Waals surface area contributed by atoms with E-state index in [9.17, 15) is 4.79 Å². The van der Waals surface area contributed by atoms with Gasteiger partial charge in [0.15, 0.2) is 0 Å². The number of aromatic nitrogens is 2. The van der Waals surface area contributed by atoms with Crippen LogP contribution in [-0.4, -0.2) is 22.2 Å². The minimum Gasteiger partial charge on any atom is -0.316 e. The van der Waals surface area contributed by atoms with Crippen LogP contribution in [0, 0.1) is 0 Å². The molecular weight excluding hydrogens is 226 g/mol. The van der Waals surface area contributed by atoms with Gasteiger partial charge in [0.05, 0.1) is 11.0 Å². The van der Waals surface area contributed by atoms with Crippen LogP contribution in [0.2, 0.25) is 0 Å². The lowest BCUT2D eigenvalue weighted by Gasteiger charge is -2.23. The fourth-order valence-corrected chi connectivity index (χ4v) is 2.91. The highest BCUT2D eigenvalue weighted by molar-refractivity contribution is 5.77. The van der Waals surface area contributed by atoms with Gasteiger partial charge in [0.2, 0.25) is 0 Å². The van der Waals surface area contributed by atoms with E-state index in [1.165, 1.54) is 18.4 Å². The maximum atomic E-state index is 11.9. The third-order valence-corrected chi connectivity index (χ3v) is 4.06. The first-order chi connectivity index (χ1) is 8.68. The second-order valence-electron chi connectivity index (χ2n) is 5.19. The van der Waals surface area contributed by atoms with Crippen molar-refractivity contribution in [1.82, 2.24) is 14.5 Å². The predicted molar refractivity (Wildman–Crippen MR) is 73.0 cm³/mol. The van der Waals surface area contributed by atoms with E-state index in [-0.39, 0.29) is 5.69 Å². The first-order valence-corrected chi connectivity index (χ1v) is 6.54. The fourth-order valence-electron chi connectivity index (χ4n) is 2.91. The lowest BCUT2D eigenvalue weighted by atomic mass is 9.91. The minimum absolute atomic E-state index is 0.0453. The molecule has 18 heavy (non-hydrogen) atoms. The molecule has 1 aliphatic heterocycles. The van der Waals surface area contributed by atoms with Gasteiger partial charge >= 0.3 is 5.69 Å². The van der Waals surface area contributed by atoms with Crippen molar-refractivity contribution in [3.63, 3.8) is 0 Å².